The molecule has 0 aliphatic rings. The van der Waals surface area contributed by atoms with E-state index in [1.807, 2.05) is 86.8 Å². The van der Waals surface area contributed by atoms with Crippen LogP contribution in [-0.4, -0.2) is 71.5 Å². The van der Waals surface area contributed by atoms with E-state index in [0.717, 1.165) is 56.5 Å². The number of carbonyl (C=O) groups is 1. The van der Waals surface area contributed by atoms with Crippen LogP contribution in [0.1, 0.15) is 17.3 Å². The zero-order valence-electron chi connectivity index (χ0n) is 21.7. The van der Waals surface area contributed by atoms with Crippen molar-refractivity contribution in [3.05, 3.63) is 78.8 Å². The number of carbonyl (C=O) groups excluding carboxylic acids is 1. The number of nitrogens with zero attached hydrogens (tertiary/aromatic N) is 4. The first kappa shape index (κ1) is 24.5. The minimum absolute atomic E-state index is 0.0420. The summed E-state index contributed by atoms with van der Waals surface area (Å²) in [7, 11) is 5.72. The highest BCUT2D eigenvalue weighted by Gasteiger charge is 2.19. The molecule has 0 unspecified atom stereocenters. The Hall–Kier alpha value is -4.23. The van der Waals surface area contributed by atoms with E-state index in [4.69, 9.17) is 4.74 Å². The molecule has 3 heterocycles. The molecule has 0 saturated carbocycles. The molecule has 7 heteroatoms. The van der Waals surface area contributed by atoms with E-state index in [1.54, 1.807) is 13.3 Å². The van der Waals surface area contributed by atoms with Crippen LogP contribution in [0, 0.1) is 0 Å². The van der Waals surface area contributed by atoms with Crippen molar-refractivity contribution in [2.75, 3.05) is 40.8 Å². The average Bonchev–Trinajstić information content (AvgIpc) is 3.31. The van der Waals surface area contributed by atoms with Crippen LogP contribution < -0.4 is 4.74 Å². The lowest BCUT2D eigenvalue weighted by Gasteiger charge is -2.23. The molecule has 5 rings (SSSR count). The van der Waals surface area contributed by atoms with Gasteiger partial charge in [-0.15, -0.1) is 0 Å². The first-order valence-corrected chi connectivity index (χ1v) is 12.4. The second kappa shape index (κ2) is 10.4. The van der Waals surface area contributed by atoms with Gasteiger partial charge in [0.25, 0.3) is 5.91 Å². The van der Waals surface area contributed by atoms with E-state index in [9.17, 15) is 4.79 Å². The summed E-state index contributed by atoms with van der Waals surface area (Å²) >= 11 is 0. The summed E-state index contributed by atoms with van der Waals surface area (Å²) in [5.41, 5.74) is 6.40. The SMILES string of the molecule is CCN(CCN(C)C)C(=O)c1ccc(-c2c(OC)ccc3[nH]c4cnc(-c5cccnc5)cc4c23)cc1. The van der Waals surface area contributed by atoms with Crippen molar-refractivity contribution < 1.29 is 9.53 Å². The first-order chi connectivity index (χ1) is 18.0. The summed E-state index contributed by atoms with van der Waals surface area (Å²) in [4.78, 5) is 29.5. The number of hydrogen-bond donors (Lipinski definition) is 1. The van der Waals surface area contributed by atoms with Crippen LogP contribution in [0.2, 0.25) is 0 Å². The Morgan fingerprint density at radius 2 is 1.78 bits per heavy atom. The lowest BCUT2D eigenvalue weighted by Crippen LogP contribution is -2.36. The number of rotatable bonds is 8. The van der Waals surface area contributed by atoms with E-state index in [-0.39, 0.29) is 5.91 Å². The van der Waals surface area contributed by atoms with Crippen molar-refractivity contribution in [1.29, 1.82) is 0 Å². The molecule has 0 saturated heterocycles. The van der Waals surface area contributed by atoms with Crippen molar-refractivity contribution >= 4 is 27.7 Å². The van der Waals surface area contributed by atoms with Crippen molar-refractivity contribution in [2.45, 2.75) is 6.92 Å². The maximum atomic E-state index is 13.1. The lowest BCUT2D eigenvalue weighted by molar-refractivity contribution is 0.0754. The lowest BCUT2D eigenvalue weighted by atomic mass is 9.97. The van der Waals surface area contributed by atoms with Crippen LogP contribution in [-0.2, 0) is 0 Å². The topological polar surface area (TPSA) is 74.3 Å². The number of benzene rings is 2. The van der Waals surface area contributed by atoms with Gasteiger partial charge in [-0.2, -0.15) is 0 Å². The Balaban J connectivity index is 1.59. The Bertz CT molecular complexity index is 1540. The molecule has 0 aliphatic heterocycles. The van der Waals surface area contributed by atoms with Crippen LogP contribution >= 0.6 is 0 Å². The molecule has 1 N–H and O–H groups in total. The number of aromatic amines is 1. The number of pyridine rings is 2. The molecule has 3 aromatic heterocycles. The van der Waals surface area contributed by atoms with Gasteiger partial charge in [-0.1, -0.05) is 12.1 Å². The number of likely N-dealkylation sites (N-methyl/N-ethyl adjacent to an activating group) is 2. The second-order valence-corrected chi connectivity index (χ2v) is 9.31. The summed E-state index contributed by atoms with van der Waals surface area (Å²) in [6, 6.07) is 17.8. The molecular formula is C30H31N5O2. The maximum absolute atomic E-state index is 13.1. The number of amides is 1. The Morgan fingerprint density at radius 3 is 2.46 bits per heavy atom. The summed E-state index contributed by atoms with van der Waals surface area (Å²) in [5.74, 6) is 0.814. The third-order valence-corrected chi connectivity index (χ3v) is 6.69. The third-order valence-electron chi connectivity index (χ3n) is 6.69. The molecule has 37 heavy (non-hydrogen) atoms. The molecule has 0 spiro atoms. The van der Waals surface area contributed by atoms with Gasteiger partial charge in [-0.05, 0) is 69.0 Å². The van der Waals surface area contributed by atoms with Gasteiger partial charge in [-0.25, -0.2) is 0 Å². The summed E-state index contributed by atoms with van der Waals surface area (Å²) in [5, 5.41) is 2.11. The van der Waals surface area contributed by atoms with Gasteiger partial charge in [0.2, 0.25) is 0 Å². The van der Waals surface area contributed by atoms with E-state index < -0.39 is 0 Å². The molecule has 0 aliphatic carbocycles. The van der Waals surface area contributed by atoms with Gasteiger partial charge in [-0.3, -0.25) is 14.8 Å². The van der Waals surface area contributed by atoms with Crippen LogP contribution in [0.15, 0.2) is 73.2 Å². The fourth-order valence-corrected chi connectivity index (χ4v) is 4.69. The fraction of sp³-hybridized carbons (Fsp3) is 0.233. The molecule has 2 aromatic carbocycles. The quantitative estimate of drug-likeness (QED) is 0.310. The normalized spacial score (nSPS) is 11.4. The Kier molecular flexibility index (Phi) is 6.88. The molecule has 0 atom stereocenters. The molecule has 0 bridgehead atoms. The Labute approximate surface area is 216 Å². The van der Waals surface area contributed by atoms with E-state index >= 15 is 0 Å². The zero-order chi connectivity index (χ0) is 25.9. The van der Waals surface area contributed by atoms with Crippen LogP contribution in [0.4, 0.5) is 0 Å². The van der Waals surface area contributed by atoms with Gasteiger partial charge in [0.15, 0.2) is 0 Å². The number of aromatic nitrogens is 3. The predicted molar refractivity (Wildman–Crippen MR) is 149 cm³/mol. The summed E-state index contributed by atoms with van der Waals surface area (Å²) in [6.07, 6.45) is 5.44. The standard InChI is InChI=1S/C30H31N5O2/c1-5-35(16-15-34(2)3)30(36)21-10-8-20(9-11-21)28-27(37-4)13-12-24-29(28)23-17-25(32-19-26(23)33-24)22-7-6-14-31-18-22/h6-14,17-19,33H,5,15-16H2,1-4H3. The molecule has 188 valence electrons. The molecule has 1 amide bonds. The monoisotopic (exact) mass is 493 g/mol. The summed E-state index contributed by atoms with van der Waals surface area (Å²) < 4.78 is 5.81. The maximum Gasteiger partial charge on any atom is 0.253 e. The zero-order valence-corrected chi connectivity index (χ0v) is 21.7. The first-order valence-electron chi connectivity index (χ1n) is 12.4. The van der Waals surface area contributed by atoms with E-state index in [2.05, 4.69) is 25.9 Å². The number of hydrogen-bond acceptors (Lipinski definition) is 5. The number of H-pyrrole nitrogens is 1. The second-order valence-electron chi connectivity index (χ2n) is 9.31. The Morgan fingerprint density at radius 1 is 0.973 bits per heavy atom. The molecule has 7 nitrogen and oxygen atoms in total. The number of ether oxygens (including phenoxy) is 1. The highest BCUT2D eigenvalue weighted by molar-refractivity contribution is 6.16. The van der Waals surface area contributed by atoms with E-state index in [0.29, 0.717) is 18.7 Å². The molecule has 5 aromatic rings. The van der Waals surface area contributed by atoms with Crippen LogP contribution in [0.3, 0.4) is 0 Å². The smallest absolute Gasteiger partial charge is 0.253 e. The van der Waals surface area contributed by atoms with Crippen molar-refractivity contribution in [3.63, 3.8) is 0 Å². The van der Waals surface area contributed by atoms with Gasteiger partial charge in [0.05, 0.1) is 24.5 Å². The fourth-order valence-electron chi connectivity index (χ4n) is 4.69. The van der Waals surface area contributed by atoms with Gasteiger partial charge in [0.1, 0.15) is 5.75 Å². The van der Waals surface area contributed by atoms with Crippen molar-refractivity contribution in [2.24, 2.45) is 0 Å². The predicted octanol–water partition coefficient (Wildman–Crippen LogP) is 5.48. The van der Waals surface area contributed by atoms with E-state index in [1.165, 1.54) is 0 Å². The van der Waals surface area contributed by atoms with Gasteiger partial charge >= 0.3 is 0 Å². The van der Waals surface area contributed by atoms with Crippen molar-refractivity contribution in [3.8, 4) is 28.1 Å². The van der Waals surface area contributed by atoms with Gasteiger partial charge in [0, 0.05) is 65.0 Å². The third kappa shape index (κ3) is 4.78. The number of methoxy groups -OCH3 is 1. The highest BCUT2D eigenvalue weighted by atomic mass is 16.5. The van der Waals surface area contributed by atoms with Crippen LogP contribution in [0.5, 0.6) is 5.75 Å². The molecule has 0 fully saturated rings. The van der Waals surface area contributed by atoms with Crippen molar-refractivity contribution in [1.82, 2.24) is 24.8 Å². The molecule has 0 radical (unpaired) electrons. The van der Waals surface area contributed by atoms with Crippen LogP contribution in [0.25, 0.3) is 44.2 Å². The highest BCUT2D eigenvalue weighted by Crippen LogP contribution is 2.41. The largest absolute Gasteiger partial charge is 0.496 e. The minimum Gasteiger partial charge on any atom is -0.496 e. The number of nitrogens with one attached hydrogen (secondary N) is 1. The minimum atomic E-state index is 0.0420. The molecular weight excluding hydrogens is 462 g/mol. The number of fused-ring (bicyclic) bond motifs is 3. The van der Waals surface area contributed by atoms with Gasteiger partial charge < -0.3 is 19.5 Å². The summed E-state index contributed by atoms with van der Waals surface area (Å²) in [6.45, 7) is 4.20. The average molecular weight is 494 g/mol.